The van der Waals surface area contributed by atoms with Crippen molar-refractivity contribution in [2.24, 2.45) is 0 Å². The highest BCUT2D eigenvalue weighted by molar-refractivity contribution is 5.78. The van der Waals surface area contributed by atoms with E-state index in [0.29, 0.717) is 44.5 Å². The van der Waals surface area contributed by atoms with E-state index in [1.165, 1.54) is 18.2 Å². The molecular weight excluding hydrogens is 570 g/mol. The number of piperazine rings is 1. The van der Waals surface area contributed by atoms with Crippen LogP contribution in [-0.2, 0) is 21.9 Å². The first-order valence-electron chi connectivity index (χ1n) is 13.6. The Balaban J connectivity index is 1.25. The zero-order valence-electron chi connectivity index (χ0n) is 23.0. The van der Waals surface area contributed by atoms with Crippen LogP contribution in [0.15, 0.2) is 42.5 Å². The van der Waals surface area contributed by atoms with Crippen molar-refractivity contribution in [3.8, 4) is 0 Å². The van der Waals surface area contributed by atoms with Gasteiger partial charge in [-0.25, -0.2) is 0 Å². The summed E-state index contributed by atoms with van der Waals surface area (Å²) in [6.45, 7) is 4.49. The molecule has 1 heterocycles. The molecule has 0 bridgehead atoms. The van der Waals surface area contributed by atoms with Gasteiger partial charge in [-0.2, -0.15) is 26.3 Å². The molecule has 2 aliphatic rings. The minimum absolute atomic E-state index is 0.124. The number of hydrogen-bond acceptors (Lipinski definition) is 6. The third kappa shape index (κ3) is 7.44. The van der Waals surface area contributed by atoms with Crippen molar-refractivity contribution in [3.63, 3.8) is 0 Å². The minimum Gasteiger partial charge on any atom is -0.382 e. The fourth-order valence-corrected chi connectivity index (χ4v) is 5.57. The van der Waals surface area contributed by atoms with E-state index in [2.05, 4.69) is 5.32 Å². The number of carbonyl (C=O) groups is 1. The number of rotatable bonds is 7. The smallest absolute Gasteiger partial charge is 0.382 e. The number of anilines is 2. The van der Waals surface area contributed by atoms with Crippen LogP contribution >= 0.6 is 0 Å². The molecule has 1 saturated carbocycles. The molecule has 4 rings (SSSR count). The van der Waals surface area contributed by atoms with Crippen molar-refractivity contribution >= 4 is 23.0 Å². The van der Waals surface area contributed by atoms with Crippen LogP contribution in [0.3, 0.4) is 0 Å². The van der Waals surface area contributed by atoms with Gasteiger partial charge >= 0.3 is 12.4 Å². The maximum atomic E-state index is 13.3. The number of alkyl halides is 6. The predicted molar refractivity (Wildman–Crippen MR) is 143 cm³/mol. The van der Waals surface area contributed by atoms with Crippen molar-refractivity contribution in [2.75, 3.05) is 29.9 Å². The molecule has 8 nitrogen and oxygen atoms in total. The third-order valence-corrected chi connectivity index (χ3v) is 7.82. The van der Waals surface area contributed by atoms with Crippen LogP contribution in [0.1, 0.15) is 50.7 Å². The monoisotopic (exact) mass is 602 g/mol. The van der Waals surface area contributed by atoms with Crippen LogP contribution in [-0.4, -0.2) is 59.7 Å². The summed E-state index contributed by atoms with van der Waals surface area (Å²) in [5.41, 5.74) is -2.23. The lowest BCUT2D eigenvalue weighted by molar-refractivity contribution is -0.388. The first kappa shape index (κ1) is 31.4. The van der Waals surface area contributed by atoms with Crippen LogP contribution in [0.5, 0.6) is 0 Å². The van der Waals surface area contributed by atoms with Crippen molar-refractivity contribution < 1.29 is 40.8 Å². The van der Waals surface area contributed by atoms with Gasteiger partial charge < -0.3 is 19.9 Å². The lowest BCUT2D eigenvalue weighted by atomic mass is 9.92. The second-order valence-corrected chi connectivity index (χ2v) is 10.9. The highest BCUT2D eigenvalue weighted by Crippen LogP contribution is 2.38. The Morgan fingerprint density at radius 1 is 0.952 bits per heavy atom. The molecule has 2 aromatic carbocycles. The number of nitrogens with zero attached hydrogens (tertiary/aromatic N) is 3. The Bertz CT molecular complexity index is 1260. The van der Waals surface area contributed by atoms with Gasteiger partial charge in [-0.3, -0.25) is 14.9 Å². The summed E-state index contributed by atoms with van der Waals surface area (Å²) in [7, 11) is 0. The molecule has 42 heavy (non-hydrogen) atoms. The molecular formula is C28H32F6N4O4. The Labute approximate surface area is 238 Å². The molecule has 2 unspecified atom stereocenters. The van der Waals surface area contributed by atoms with Gasteiger partial charge in [-0.1, -0.05) is 0 Å². The van der Waals surface area contributed by atoms with Crippen molar-refractivity contribution in [1.29, 1.82) is 0 Å². The van der Waals surface area contributed by atoms with Gasteiger partial charge in [0.05, 0.1) is 16.6 Å². The largest absolute Gasteiger partial charge is 0.423 e. The number of nitrogens with one attached hydrogen (secondary N) is 1. The predicted octanol–water partition coefficient (Wildman–Crippen LogP) is 6.50. The molecule has 0 spiro atoms. The molecule has 0 aromatic heterocycles. The van der Waals surface area contributed by atoms with Gasteiger partial charge in [0.25, 0.3) is 5.69 Å². The van der Waals surface area contributed by atoms with E-state index in [4.69, 9.17) is 4.74 Å². The summed E-state index contributed by atoms with van der Waals surface area (Å²) in [6, 6.07) is 7.36. The molecule has 2 fully saturated rings. The summed E-state index contributed by atoms with van der Waals surface area (Å²) in [5, 5.41) is 14.0. The summed E-state index contributed by atoms with van der Waals surface area (Å²) < 4.78 is 84.5. The topological polar surface area (TPSA) is 88.0 Å². The van der Waals surface area contributed by atoms with E-state index in [9.17, 15) is 41.3 Å². The molecule has 1 aliphatic heterocycles. The Morgan fingerprint density at radius 2 is 1.60 bits per heavy atom. The number of hydrogen-bond donors (Lipinski definition) is 1. The first-order valence-corrected chi connectivity index (χ1v) is 13.6. The Morgan fingerprint density at radius 3 is 2.17 bits per heavy atom. The van der Waals surface area contributed by atoms with Gasteiger partial charge in [0.15, 0.2) is 0 Å². The fourth-order valence-electron chi connectivity index (χ4n) is 5.57. The summed E-state index contributed by atoms with van der Waals surface area (Å²) >= 11 is 0. The standard InChI is InChI=1S/C28H32F6N4O4/c1-17-15-37(18(2)14-36(17)22-8-3-19(4-9-22)27(29,30)31)26(39)16-42-23-10-5-20(6-11-23)35-21-7-12-25(38(40)41)24(13-21)28(32,33)34/h3-4,7-9,12-13,17-18,20,23,35H,5-6,10-11,14-16H2,1-2H3/t17?,18?,20-,23-. The number of nitro benzene ring substituents is 1. The van der Waals surface area contributed by atoms with Crippen LogP contribution in [0.2, 0.25) is 0 Å². The van der Waals surface area contributed by atoms with Crippen molar-refractivity contribution in [3.05, 3.63) is 63.7 Å². The highest BCUT2D eigenvalue weighted by Gasteiger charge is 2.39. The summed E-state index contributed by atoms with van der Waals surface area (Å²) in [6.07, 6.45) is -7.15. The number of benzene rings is 2. The lowest BCUT2D eigenvalue weighted by Gasteiger charge is -2.45. The number of ether oxygens (including phenoxy) is 1. The maximum Gasteiger partial charge on any atom is 0.423 e. The summed E-state index contributed by atoms with van der Waals surface area (Å²) in [4.78, 5) is 26.6. The normalized spacial score (nSPS) is 23.5. The zero-order chi connectivity index (χ0) is 30.8. The number of amides is 1. The molecule has 1 saturated heterocycles. The molecule has 230 valence electrons. The van der Waals surface area contributed by atoms with Crippen LogP contribution in [0.25, 0.3) is 0 Å². The quantitative estimate of drug-likeness (QED) is 0.221. The van der Waals surface area contributed by atoms with Gasteiger partial charge in [0, 0.05) is 48.7 Å². The van der Waals surface area contributed by atoms with Gasteiger partial charge in [0.1, 0.15) is 12.2 Å². The average molecular weight is 603 g/mol. The van der Waals surface area contributed by atoms with Crippen molar-refractivity contribution in [2.45, 2.75) is 76.1 Å². The Kier molecular flexibility index (Phi) is 9.24. The number of carbonyl (C=O) groups excluding carboxylic acids is 1. The second kappa shape index (κ2) is 12.4. The fraction of sp³-hybridized carbons (Fsp3) is 0.536. The summed E-state index contributed by atoms with van der Waals surface area (Å²) in [5.74, 6) is -0.188. The molecule has 2 aromatic rings. The third-order valence-electron chi connectivity index (χ3n) is 7.82. The Hall–Kier alpha value is -3.55. The minimum atomic E-state index is -4.86. The molecule has 2 atom stereocenters. The zero-order valence-corrected chi connectivity index (χ0v) is 23.0. The van der Waals surface area contributed by atoms with E-state index >= 15 is 0 Å². The van der Waals surface area contributed by atoms with E-state index in [1.54, 1.807) is 4.90 Å². The number of nitro groups is 1. The molecule has 1 amide bonds. The van der Waals surface area contributed by atoms with Crippen LogP contribution in [0, 0.1) is 10.1 Å². The average Bonchev–Trinajstić information content (AvgIpc) is 2.92. The lowest BCUT2D eigenvalue weighted by Crippen LogP contribution is -2.59. The van der Waals surface area contributed by atoms with Crippen LogP contribution in [0.4, 0.5) is 43.4 Å². The van der Waals surface area contributed by atoms with Gasteiger partial charge in [-0.15, -0.1) is 0 Å². The SMILES string of the molecule is CC1CN(c2ccc(C(F)(F)F)cc2)C(C)CN1C(=O)CO[C@H]1CC[C@H](Nc2ccc([N+](=O)[O-])c(C(F)(F)F)c2)CC1. The van der Waals surface area contributed by atoms with Crippen molar-refractivity contribution in [1.82, 2.24) is 4.90 Å². The van der Waals surface area contributed by atoms with E-state index in [1.807, 2.05) is 18.7 Å². The molecule has 1 aliphatic carbocycles. The highest BCUT2D eigenvalue weighted by atomic mass is 19.4. The van der Waals surface area contributed by atoms with Gasteiger partial charge in [-0.05, 0) is 75.9 Å². The van der Waals surface area contributed by atoms with E-state index in [-0.39, 0.29) is 42.4 Å². The first-order chi connectivity index (χ1) is 19.6. The number of halogens is 6. The maximum absolute atomic E-state index is 13.3. The van der Waals surface area contributed by atoms with E-state index < -0.39 is 34.1 Å². The van der Waals surface area contributed by atoms with Gasteiger partial charge in [0.2, 0.25) is 5.91 Å². The molecule has 1 N–H and O–H groups in total. The second-order valence-electron chi connectivity index (χ2n) is 10.9. The van der Waals surface area contributed by atoms with Crippen LogP contribution < -0.4 is 10.2 Å². The van der Waals surface area contributed by atoms with E-state index in [0.717, 1.165) is 24.3 Å². The molecule has 0 radical (unpaired) electrons. The molecule has 14 heteroatoms.